The Labute approximate surface area is 161 Å². The van der Waals surface area contributed by atoms with Crippen molar-refractivity contribution in [2.45, 2.75) is 30.4 Å². The molecule has 0 aliphatic heterocycles. The van der Waals surface area contributed by atoms with Gasteiger partial charge in [0.15, 0.2) is 0 Å². The van der Waals surface area contributed by atoms with Crippen LogP contribution >= 0.6 is 11.8 Å². The van der Waals surface area contributed by atoms with Crippen molar-refractivity contribution in [2.75, 3.05) is 0 Å². The molecule has 0 spiro atoms. The number of rotatable bonds is 3. The van der Waals surface area contributed by atoms with E-state index in [4.69, 9.17) is 0 Å². The molecule has 0 nitrogen and oxygen atoms in total. The summed E-state index contributed by atoms with van der Waals surface area (Å²) in [5.41, 5.74) is 2.50. The Morgan fingerprint density at radius 3 is 1.96 bits per heavy atom. The van der Waals surface area contributed by atoms with E-state index in [1.165, 1.54) is 16.0 Å². The normalized spacial score (nSPS) is 10.8. The molecular weight excluding hydrogens is 352 g/mol. The predicted octanol–water partition coefficient (Wildman–Crippen LogP) is 6.87. The van der Waals surface area contributed by atoms with E-state index in [-0.39, 0.29) is 21.8 Å². The fourth-order valence-corrected chi connectivity index (χ4v) is 2.99. The fraction of sp³-hybridized carbons (Fsp3) is 0.182. The van der Waals surface area contributed by atoms with E-state index < -0.39 is 0 Å². The predicted molar refractivity (Wildman–Crippen MR) is 105 cm³/mol. The van der Waals surface area contributed by atoms with Gasteiger partial charge in [0.2, 0.25) is 0 Å². The van der Waals surface area contributed by atoms with Crippen molar-refractivity contribution in [3.05, 3.63) is 90.0 Å². The maximum absolute atomic E-state index is 2.24. The summed E-state index contributed by atoms with van der Waals surface area (Å²) >= 11 is 1.90. The summed E-state index contributed by atoms with van der Waals surface area (Å²) in [7, 11) is 0. The van der Waals surface area contributed by atoms with Crippen LogP contribution in [0, 0.1) is 0 Å². The van der Waals surface area contributed by atoms with Gasteiger partial charge in [-0.2, -0.15) is 30.3 Å². The molecule has 126 valence electrons. The van der Waals surface area contributed by atoms with E-state index in [9.17, 15) is 0 Å². The van der Waals surface area contributed by atoms with E-state index in [1.807, 2.05) is 42.1 Å². The molecule has 0 unspecified atom stereocenters. The van der Waals surface area contributed by atoms with Crippen molar-refractivity contribution in [3.8, 4) is 0 Å². The van der Waals surface area contributed by atoms with Crippen LogP contribution < -0.4 is 0 Å². The SMILES string of the molecule is CC(C)(C)Sc1ccc(C=C[c-]2cccc2)cc1.[Fe+2].c1cc[cH-]c1. The molecule has 0 atom stereocenters. The molecule has 0 heterocycles. The van der Waals surface area contributed by atoms with Crippen molar-refractivity contribution in [1.29, 1.82) is 0 Å². The topological polar surface area (TPSA) is 0 Å². The molecular formula is C22H24FeS. The molecule has 0 saturated carbocycles. The van der Waals surface area contributed by atoms with Gasteiger partial charge in [0.25, 0.3) is 0 Å². The first-order chi connectivity index (χ1) is 11.0. The molecule has 0 aromatic heterocycles. The zero-order valence-corrected chi connectivity index (χ0v) is 16.3. The van der Waals surface area contributed by atoms with Gasteiger partial charge >= 0.3 is 17.1 Å². The summed E-state index contributed by atoms with van der Waals surface area (Å²) in [6.45, 7) is 6.71. The zero-order valence-electron chi connectivity index (χ0n) is 14.4. The Hall–Kier alpha value is -1.47. The molecule has 0 bridgehead atoms. The Morgan fingerprint density at radius 2 is 1.50 bits per heavy atom. The minimum Gasteiger partial charge on any atom is -0.214 e. The molecule has 2 heteroatoms. The van der Waals surface area contributed by atoms with Crippen LogP contribution in [0.3, 0.4) is 0 Å². The van der Waals surface area contributed by atoms with Gasteiger partial charge in [-0.1, -0.05) is 38.5 Å². The standard InChI is InChI=1S/C17H19S.C5H5.Fe/c1-17(2,3)18-16-12-10-15(11-13-16)9-8-14-6-4-5-7-14;1-2-4-5-3-1;/h4-13H,1-3H3;1-5H;/q2*-1;+2. The Balaban J connectivity index is 0.000000412. The average Bonchev–Trinajstić information content (AvgIpc) is 3.21. The third-order valence-corrected chi connectivity index (χ3v) is 4.14. The van der Waals surface area contributed by atoms with E-state index in [0.717, 1.165) is 0 Å². The van der Waals surface area contributed by atoms with Gasteiger partial charge in [-0.05, 0) is 12.1 Å². The number of hydrogen-bond donors (Lipinski definition) is 0. The van der Waals surface area contributed by atoms with Gasteiger partial charge in [-0.15, -0.1) is 41.6 Å². The first-order valence-electron chi connectivity index (χ1n) is 7.88. The third-order valence-electron chi connectivity index (χ3n) is 3.02. The van der Waals surface area contributed by atoms with Gasteiger partial charge in [0, 0.05) is 9.64 Å². The Kier molecular flexibility index (Phi) is 8.92. The molecule has 3 aromatic carbocycles. The molecule has 0 N–H and O–H groups in total. The Morgan fingerprint density at radius 1 is 0.917 bits per heavy atom. The van der Waals surface area contributed by atoms with Crippen LogP contribution in [0.15, 0.2) is 83.8 Å². The van der Waals surface area contributed by atoms with Crippen molar-refractivity contribution in [3.63, 3.8) is 0 Å². The molecule has 24 heavy (non-hydrogen) atoms. The van der Waals surface area contributed by atoms with Crippen molar-refractivity contribution >= 4 is 23.9 Å². The van der Waals surface area contributed by atoms with Gasteiger partial charge < -0.3 is 0 Å². The maximum atomic E-state index is 2.24. The summed E-state index contributed by atoms with van der Waals surface area (Å²) in [6, 6.07) is 27.1. The third kappa shape index (κ3) is 8.40. The van der Waals surface area contributed by atoms with Crippen LogP contribution in [0.1, 0.15) is 31.9 Å². The molecule has 0 saturated heterocycles. The molecule has 0 aliphatic rings. The minimum atomic E-state index is 0. The monoisotopic (exact) mass is 376 g/mol. The molecule has 0 radical (unpaired) electrons. The first-order valence-corrected chi connectivity index (χ1v) is 8.70. The number of benzene rings is 1. The summed E-state index contributed by atoms with van der Waals surface area (Å²) < 4.78 is 0.270. The smallest absolute Gasteiger partial charge is 0.214 e. The molecule has 0 aliphatic carbocycles. The van der Waals surface area contributed by atoms with Crippen molar-refractivity contribution < 1.29 is 17.1 Å². The van der Waals surface area contributed by atoms with Gasteiger partial charge in [0.05, 0.1) is 0 Å². The summed E-state index contributed by atoms with van der Waals surface area (Å²) in [5.74, 6) is 0. The van der Waals surface area contributed by atoms with Crippen molar-refractivity contribution in [1.82, 2.24) is 0 Å². The van der Waals surface area contributed by atoms with E-state index >= 15 is 0 Å². The van der Waals surface area contributed by atoms with Gasteiger partial charge in [0.1, 0.15) is 0 Å². The molecule has 3 aromatic rings. The van der Waals surface area contributed by atoms with Crippen LogP contribution in [-0.4, -0.2) is 4.75 Å². The van der Waals surface area contributed by atoms with E-state index in [2.05, 4.69) is 81.5 Å². The second-order valence-corrected chi connectivity index (χ2v) is 8.20. The van der Waals surface area contributed by atoms with Gasteiger partial charge in [-0.3, -0.25) is 0 Å². The average molecular weight is 376 g/mol. The molecule has 0 fully saturated rings. The van der Waals surface area contributed by atoms with E-state index in [0.29, 0.717) is 0 Å². The van der Waals surface area contributed by atoms with Crippen LogP contribution in [0.25, 0.3) is 12.2 Å². The second-order valence-electron chi connectivity index (χ2n) is 6.30. The number of thioether (sulfide) groups is 1. The largest absolute Gasteiger partial charge is 2.00 e. The Bertz CT molecular complexity index is 651. The molecule has 3 rings (SSSR count). The zero-order chi connectivity index (χ0) is 16.5. The van der Waals surface area contributed by atoms with Gasteiger partial charge in [-0.25, -0.2) is 12.1 Å². The minimum absolute atomic E-state index is 0. The van der Waals surface area contributed by atoms with Crippen LogP contribution in [0.4, 0.5) is 0 Å². The first kappa shape index (κ1) is 20.6. The maximum Gasteiger partial charge on any atom is 2.00 e. The molecule has 0 amide bonds. The van der Waals surface area contributed by atoms with Crippen LogP contribution in [-0.2, 0) is 17.1 Å². The fourth-order valence-electron chi connectivity index (χ4n) is 2.01. The summed E-state index contributed by atoms with van der Waals surface area (Å²) in [5, 5.41) is 0. The quantitative estimate of drug-likeness (QED) is 0.273. The van der Waals surface area contributed by atoms with Crippen LogP contribution in [0.2, 0.25) is 0 Å². The van der Waals surface area contributed by atoms with Crippen LogP contribution in [0.5, 0.6) is 0 Å². The number of hydrogen-bond acceptors (Lipinski definition) is 1. The second kappa shape index (κ2) is 10.4. The summed E-state index contributed by atoms with van der Waals surface area (Å²) in [6.07, 6.45) is 4.30. The van der Waals surface area contributed by atoms with Crippen molar-refractivity contribution in [2.24, 2.45) is 0 Å². The van der Waals surface area contributed by atoms with E-state index in [1.54, 1.807) is 0 Å². The summed E-state index contributed by atoms with van der Waals surface area (Å²) in [4.78, 5) is 1.33.